The number of aromatic hydroxyl groups is 1. The van der Waals surface area contributed by atoms with E-state index < -0.39 is 0 Å². The first kappa shape index (κ1) is 11.9. The van der Waals surface area contributed by atoms with Crippen LogP contribution in [0.1, 0.15) is 6.42 Å². The lowest BCUT2D eigenvalue weighted by molar-refractivity contribution is 0.189. The third-order valence-electron chi connectivity index (χ3n) is 2.11. The Hall–Kier alpha value is -1.14. The van der Waals surface area contributed by atoms with Gasteiger partial charge in [0.05, 0.1) is 6.07 Å². The molecule has 1 rings (SSSR count). The molecule has 0 fully saturated rings. The number of hydrogen-bond donors (Lipinski definition) is 1. The molecule has 0 atom stereocenters. The Balaban J connectivity index is 3.03. The van der Waals surface area contributed by atoms with E-state index in [1.807, 2.05) is 0 Å². The molecule has 5 nitrogen and oxygen atoms in total. The van der Waals surface area contributed by atoms with Crippen LogP contribution >= 0.6 is 12.2 Å². The zero-order valence-corrected chi connectivity index (χ0v) is 9.58. The lowest BCUT2D eigenvalue weighted by Crippen LogP contribution is -2.23. The number of methoxy groups -OCH3 is 1. The van der Waals surface area contributed by atoms with Crippen molar-refractivity contribution in [1.82, 2.24) is 9.13 Å². The molecule has 0 aliphatic heterocycles. The van der Waals surface area contributed by atoms with E-state index in [2.05, 4.69) is 0 Å². The van der Waals surface area contributed by atoms with Gasteiger partial charge in [-0.2, -0.15) is 0 Å². The second-order valence-electron chi connectivity index (χ2n) is 3.18. The molecule has 0 unspecified atom stereocenters. The average Bonchev–Trinajstić information content (AvgIpc) is 2.20. The fourth-order valence-electron chi connectivity index (χ4n) is 1.23. The van der Waals surface area contributed by atoms with E-state index in [1.54, 1.807) is 14.2 Å². The van der Waals surface area contributed by atoms with E-state index in [4.69, 9.17) is 17.0 Å². The van der Waals surface area contributed by atoms with Crippen LogP contribution in [0, 0.1) is 4.77 Å². The SMILES string of the molecule is COCCCn1c(=O)cc(O)n(C)c1=S. The van der Waals surface area contributed by atoms with Gasteiger partial charge in [0.15, 0.2) is 10.7 Å². The molecule has 6 heteroatoms. The third-order valence-corrected chi connectivity index (χ3v) is 2.60. The van der Waals surface area contributed by atoms with Crippen molar-refractivity contribution in [3.63, 3.8) is 0 Å². The van der Waals surface area contributed by atoms with Crippen LogP contribution < -0.4 is 5.56 Å². The van der Waals surface area contributed by atoms with Gasteiger partial charge in [-0.05, 0) is 18.6 Å². The normalized spacial score (nSPS) is 10.5. The zero-order valence-electron chi connectivity index (χ0n) is 8.77. The Morgan fingerprint density at radius 3 is 2.87 bits per heavy atom. The molecule has 1 aromatic heterocycles. The van der Waals surface area contributed by atoms with Crippen LogP contribution in [0.25, 0.3) is 0 Å². The molecule has 0 saturated heterocycles. The average molecular weight is 230 g/mol. The first-order chi connectivity index (χ1) is 7.07. The van der Waals surface area contributed by atoms with Crippen LogP contribution in [0.4, 0.5) is 0 Å². The molecular formula is C9H14N2O3S. The number of ether oxygens (including phenoxy) is 1. The summed E-state index contributed by atoms with van der Waals surface area (Å²) in [6.45, 7) is 1.07. The lowest BCUT2D eigenvalue weighted by atomic mass is 10.4. The number of nitrogens with zero attached hydrogens (tertiary/aromatic N) is 2. The summed E-state index contributed by atoms with van der Waals surface area (Å²) in [6.07, 6.45) is 0.713. The largest absolute Gasteiger partial charge is 0.494 e. The highest BCUT2D eigenvalue weighted by Crippen LogP contribution is 2.03. The van der Waals surface area contributed by atoms with Gasteiger partial charge >= 0.3 is 0 Å². The lowest BCUT2D eigenvalue weighted by Gasteiger charge is -2.09. The van der Waals surface area contributed by atoms with Gasteiger partial charge < -0.3 is 9.84 Å². The van der Waals surface area contributed by atoms with Gasteiger partial charge in [-0.15, -0.1) is 0 Å². The van der Waals surface area contributed by atoms with Gasteiger partial charge in [0.2, 0.25) is 0 Å². The Morgan fingerprint density at radius 1 is 1.60 bits per heavy atom. The molecule has 0 amide bonds. The Bertz CT molecular complexity index is 450. The van der Waals surface area contributed by atoms with Crippen molar-refractivity contribution in [3.05, 3.63) is 21.2 Å². The summed E-state index contributed by atoms with van der Waals surface area (Å²) in [7, 11) is 3.22. The Kier molecular flexibility index (Phi) is 4.05. The highest BCUT2D eigenvalue weighted by molar-refractivity contribution is 7.71. The predicted octanol–water partition coefficient (Wildman–Crippen LogP) is 0.658. The van der Waals surface area contributed by atoms with Crippen molar-refractivity contribution >= 4 is 12.2 Å². The Labute approximate surface area is 92.5 Å². The maximum absolute atomic E-state index is 11.5. The van der Waals surface area contributed by atoms with E-state index in [1.165, 1.54) is 9.13 Å². The summed E-state index contributed by atoms with van der Waals surface area (Å²) in [5.74, 6) is -0.118. The molecule has 0 aliphatic rings. The van der Waals surface area contributed by atoms with Crippen molar-refractivity contribution in [2.45, 2.75) is 13.0 Å². The van der Waals surface area contributed by atoms with E-state index in [0.717, 1.165) is 6.07 Å². The fraction of sp³-hybridized carbons (Fsp3) is 0.556. The van der Waals surface area contributed by atoms with Crippen LogP contribution in [0.15, 0.2) is 10.9 Å². The highest BCUT2D eigenvalue weighted by Gasteiger charge is 2.04. The van der Waals surface area contributed by atoms with Crippen molar-refractivity contribution in [2.24, 2.45) is 7.05 Å². The van der Waals surface area contributed by atoms with Gasteiger partial charge in [0.1, 0.15) is 0 Å². The Morgan fingerprint density at radius 2 is 2.27 bits per heavy atom. The minimum Gasteiger partial charge on any atom is -0.494 e. The predicted molar refractivity (Wildman–Crippen MR) is 58.7 cm³/mol. The molecule has 84 valence electrons. The fourth-order valence-corrected chi connectivity index (χ4v) is 1.51. The van der Waals surface area contributed by atoms with E-state index in [9.17, 15) is 9.90 Å². The maximum Gasteiger partial charge on any atom is 0.258 e. The van der Waals surface area contributed by atoms with E-state index in [0.29, 0.717) is 24.3 Å². The number of hydrogen-bond acceptors (Lipinski definition) is 4. The minimum atomic E-state index is -0.285. The molecular weight excluding hydrogens is 216 g/mol. The summed E-state index contributed by atoms with van der Waals surface area (Å²) in [5, 5.41) is 9.34. The van der Waals surface area contributed by atoms with Gasteiger partial charge in [-0.25, -0.2) is 0 Å². The van der Waals surface area contributed by atoms with Gasteiger partial charge in [0.25, 0.3) is 5.56 Å². The van der Waals surface area contributed by atoms with Crippen LogP contribution in [-0.2, 0) is 18.3 Å². The van der Waals surface area contributed by atoms with E-state index >= 15 is 0 Å². The molecule has 0 bridgehead atoms. The van der Waals surface area contributed by atoms with Gasteiger partial charge in [-0.1, -0.05) is 0 Å². The summed E-state index contributed by atoms with van der Waals surface area (Å²) >= 11 is 5.04. The molecule has 0 saturated carbocycles. The molecule has 0 aliphatic carbocycles. The smallest absolute Gasteiger partial charge is 0.258 e. The maximum atomic E-state index is 11.5. The molecule has 1 N–H and O–H groups in total. The summed E-state index contributed by atoms with van der Waals surface area (Å²) in [4.78, 5) is 11.5. The quantitative estimate of drug-likeness (QED) is 0.610. The van der Waals surface area contributed by atoms with Crippen molar-refractivity contribution in [2.75, 3.05) is 13.7 Å². The highest BCUT2D eigenvalue weighted by atomic mass is 32.1. The molecule has 0 spiro atoms. The minimum absolute atomic E-state index is 0.118. The van der Waals surface area contributed by atoms with Crippen molar-refractivity contribution in [1.29, 1.82) is 0 Å². The van der Waals surface area contributed by atoms with Gasteiger partial charge in [0, 0.05) is 27.3 Å². The topological polar surface area (TPSA) is 56.4 Å². The summed E-state index contributed by atoms with van der Waals surface area (Å²) in [5.41, 5.74) is -0.285. The van der Waals surface area contributed by atoms with Gasteiger partial charge in [-0.3, -0.25) is 13.9 Å². The summed E-state index contributed by atoms with van der Waals surface area (Å²) < 4.78 is 8.04. The zero-order chi connectivity index (χ0) is 11.4. The first-order valence-electron chi connectivity index (χ1n) is 4.56. The second-order valence-corrected chi connectivity index (χ2v) is 3.55. The van der Waals surface area contributed by atoms with Crippen LogP contribution in [-0.4, -0.2) is 28.0 Å². The van der Waals surface area contributed by atoms with Crippen molar-refractivity contribution in [3.8, 4) is 5.88 Å². The van der Waals surface area contributed by atoms with Crippen molar-refractivity contribution < 1.29 is 9.84 Å². The molecule has 1 heterocycles. The molecule has 0 aromatic carbocycles. The van der Waals surface area contributed by atoms with Crippen LogP contribution in [0.2, 0.25) is 0 Å². The molecule has 15 heavy (non-hydrogen) atoms. The van der Waals surface area contributed by atoms with Crippen LogP contribution in [0.3, 0.4) is 0 Å². The third kappa shape index (κ3) is 2.66. The molecule has 1 aromatic rings. The molecule has 0 radical (unpaired) electrons. The summed E-state index contributed by atoms with van der Waals surface area (Å²) in [6, 6.07) is 1.16. The van der Waals surface area contributed by atoms with Crippen LogP contribution in [0.5, 0.6) is 5.88 Å². The monoisotopic (exact) mass is 230 g/mol. The second kappa shape index (κ2) is 5.09. The van der Waals surface area contributed by atoms with E-state index in [-0.39, 0.29) is 11.4 Å². The number of rotatable bonds is 4. The standard InChI is InChI=1S/C9H14N2O3S/c1-10-7(12)6-8(13)11(9(10)15)4-3-5-14-2/h6,12H,3-5H2,1-2H3. The number of aromatic nitrogens is 2. The first-order valence-corrected chi connectivity index (χ1v) is 4.97.